The van der Waals surface area contributed by atoms with E-state index in [9.17, 15) is 14.4 Å². The fraction of sp³-hybridized carbons (Fsp3) is 0.318. The molecule has 7 heteroatoms. The lowest BCUT2D eigenvalue weighted by Gasteiger charge is -2.50. The summed E-state index contributed by atoms with van der Waals surface area (Å²) in [5.41, 5.74) is 0.0313. The van der Waals surface area contributed by atoms with Gasteiger partial charge < -0.3 is 9.64 Å². The molecule has 0 saturated carbocycles. The second-order valence-corrected chi connectivity index (χ2v) is 7.91. The van der Waals surface area contributed by atoms with Gasteiger partial charge in [0.05, 0.1) is 11.3 Å². The third-order valence-electron chi connectivity index (χ3n) is 5.46. The molecule has 0 bridgehead atoms. The van der Waals surface area contributed by atoms with E-state index in [1.807, 2.05) is 13.8 Å². The number of esters is 1. The zero-order valence-electron chi connectivity index (χ0n) is 16.2. The van der Waals surface area contributed by atoms with E-state index in [0.29, 0.717) is 21.8 Å². The lowest BCUT2D eigenvalue weighted by Crippen LogP contribution is -2.70. The molecule has 1 fully saturated rings. The van der Waals surface area contributed by atoms with Crippen LogP contribution in [-0.2, 0) is 20.9 Å². The van der Waals surface area contributed by atoms with Crippen LogP contribution < -0.4 is 4.90 Å². The highest BCUT2D eigenvalue weighted by Gasteiger charge is 2.62. The first kappa shape index (κ1) is 19.5. The summed E-state index contributed by atoms with van der Waals surface area (Å²) in [5.74, 6) is -1.11. The molecule has 4 rings (SSSR count). The van der Waals surface area contributed by atoms with Gasteiger partial charge in [0, 0.05) is 29.5 Å². The van der Waals surface area contributed by atoms with Crippen LogP contribution in [0.2, 0.25) is 5.02 Å². The third-order valence-corrected chi connectivity index (χ3v) is 5.83. The second kappa shape index (κ2) is 7.19. The van der Waals surface area contributed by atoms with Gasteiger partial charge in [0.25, 0.3) is 5.91 Å². The normalized spacial score (nSPS) is 20.7. The van der Waals surface area contributed by atoms with Gasteiger partial charge in [-0.3, -0.25) is 14.5 Å². The third kappa shape index (κ3) is 2.90. The van der Waals surface area contributed by atoms with Gasteiger partial charge in [0.15, 0.2) is 0 Å². The standard InChI is InChI=1S/C22H21ClN2O4/c1-14(2)24-20(27)16-8-4-6-10-18(16)25-19(26)11-12-22(24,25)21(28)29-13-15-7-3-5-9-17(15)23/h3-10,14H,11-13H2,1-2H3. The maximum Gasteiger partial charge on any atom is 0.354 e. The molecule has 0 N–H and O–H groups in total. The molecule has 2 amide bonds. The first-order chi connectivity index (χ1) is 13.9. The van der Waals surface area contributed by atoms with E-state index in [1.54, 1.807) is 48.5 Å². The van der Waals surface area contributed by atoms with Crippen molar-refractivity contribution in [2.24, 2.45) is 0 Å². The van der Waals surface area contributed by atoms with Crippen LogP contribution in [0, 0.1) is 0 Å². The minimum absolute atomic E-state index is 0.0376. The number of carbonyl (C=O) groups excluding carboxylic acids is 3. The Labute approximate surface area is 174 Å². The molecule has 0 spiro atoms. The number of benzene rings is 2. The lowest BCUT2D eigenvalue weighted by atomic mass is 9.95. The molecular weight excluding hydrogens is 392 g/mol. The summed E-state index contributed by atoms with van der Waals surface area (Å²) >= 11 is 6.18. The van der Waals surface area contributed by atoms with Crippen LogP contribution in [0.25, 0.3) is 0 Å². The van der Waals surface area contributed by atoms with E-state index in [1.165, 1.54) is 9.80 Å². The van der Waals surface area contributed by atoms with Gasteiger partial charge in [-0.25, -0.2) is 4.79 Å². The maximum atomic E-state index is 13.4. The summed E-state index contributed by atoms with van der Waals surface area (Å²) in [5, 5.41) is 0.489. The molecule has 2 aliphatic rings. The van der Waals surface area contributed by atoms with Gasteiger partial charge in [-0.1, -0.05) is 41.9 Å². The van der Waals surface area contributed by atoms with Gasteiger partial charge in [0.2, 0.25) is 11.6 Å². The Hall–Kier alpha value is -2.86. The first-order valence-corrected chi connectivity index (χ1v) is 9.92. The topological polar surface area (TPSA) is 66.9 Å². The Balaban J connectivity index is 1.77. The predicted molar refractivity (Wildman–Crippen MR) is 108 cm³/mol. The van der Waals surface area contributed by atoms with Crippen molar-refractivity contribution in [1.29, 1.82) is 0 Å². The summed E-state index contributed by atoms with van der Waals surface area (Å²) in [7, 11) is 0. The first-order valence-electron chi connectivity index (χ1n) is 9.54. The van der Waals surface area contributed by atoms with Crippen molar-refractivity contribution in [2.45, 2.75) is 45.0 Å². The summed E-state index contributed by atoms with van der Waals surface area (Å²) in [6.07, 6.45) is 0.345. The van der Waals surface area contributed by atoms with Gasteiger partial charge in [0.1, 0.15) is 6.61 Å². The molecule has 2 heterocycles. The Kier molecular flexibility index (Phi) is 4.82. The van der Waals surface area contributed by atoms with Crippen molar-refractivity contribution < 1.29 is 19.1 Å². The number of hydrogen-bond acceptors (Lipinski definition) is 4. The van der Waals surface area contributed by atoms with Crippen LogP contribution in [0.1, 0.15) is 42.6 Å². The van der Waals surface area contributed by atoms with E-state index >= 15 is 0 Å². The average molecular weight is 413 g/mol. The molecule has 1 unspecified atom stereocenters. The van der Waals surface area contributed by atoms with E-state index in [0.717, 1.165) is 0 Å². The van der Waals surface area contributed by atoms with Crippen molar-refractivity contribution in [3.63, 3.8) is 0 Å². The minimum atomic E-state index is -1.49. The number of fused-ring (bicyclic) bond motifs is 3. The SMILES string of the molecule is CC(C)N1C(=O)c2ccccc2N2C(=O)CCC21C(=O)OCc1ccccc1Cl. The van der Waals surface area contributed by atoms with Crippen LogP contribution >= 0.6 is 11.6 Å². The number of amides is 2. The monoisotopic (exact) mass is 412 g/mol. The Bertz CT molecular complexity index is 1010. The highest BCUT2D eigenvalue weighted by molar-refractivity contribution is 6.31. The molecule has 1 atom stereocenters. The summed E-state index contributed by atoms with van der Waals surface area (Å²) < 4.78 is 5.63. The molecule has 150 valence electrons. The van der Waals surface area contributed by atoms with Crippen LogP contribution in [-0.4, -0.2) is 34.4 Å². The lowest BCUT2D eigenvalue weighted by molar-refractivity contribution is -0.159. The molecular formula is C22H21ClN2O4. The van der Waals surface area contributed by atoms with Crippen molar-refractivity contribution in [1.82, 2.24) is 4.90 Å². The van der Waals surface area contributed by atoms with E-state index in [-0.39, 0.29) is 37.3 Å². The number of rotatable bonds is 4. The predicted octanol–water partition coefficient (Wildman–Crippen LogP) is 3.77. The van der Waals surface area contributed by atoms with E-state index in [2.05, 4.69) is 0 Å². The molecule has 0 radical (unpaired) electrons. The molecule has 2 aromatic carbocycles. The van der Waals surface area contributed by atoms with E-state index < -0.39 is 11.6 Å². The molecule has 6 nitrogen and oxygen atoms in total. The Morgan fingerprint density at radius 1 is 1.14 bits per heavy atom. The van der Waals surface area contributed by atoms with Crippen molar-refractivity contribution in [3.05, 3.63) is 64.7 Å². The summed E-state index contributed by atoms with van der Waals surface area (Å²) in [6.45, 7) is 3.62. The van der Waals surface area contributed by atoms with Gasteiger partial charge in [-0.2, -0.15) is 0 Å². The van der Waals surface area contributed by atoms with Crippen molar-refractivity contribution in [2.75, 3.05) is 4.90 Å². The quantitative estimate of drug-likeness (QED) is 0.717. The number of nitrogens with zero attached hydrogens (tertiary/aromatic N) is 2. The molecule has 0 aromatic heterocycles. The highest BCUT2D eigenvalue weighted by atomic mass is 35.5. The smallest absolute Gasteiger partial charge is 0.354 e. The molecule has 2 aromatic rings. The van der Waals surface area contributed by atoms with Crippen LogP contribution in [0.3, 0.4) is 0 Å². The molecule has 1 saturated heterocycles. The number of hydrogen-bond donors (Lipinski definition) is 0. The fourth-order valence-electron chi connectivity index (χ4n) is 4.25. The second-order valence-electron chi connectivity index (χ2n) is 7.50. The van der Waals surface area contributed by atoms with Crippen LogP contribution in [0.5, 0.6) is 0 Å². The Morgan fingerprint density at radius 2 is 1.83 bits per heavy atom. The average Bonchev–Trinajstić information content (AvgIpc) is 3.05. The number of halogens is 1. The Morgan fingerprint density at radius 3 is 2.55 bits per heavy atom. The van der Waals surface area contributed by atoms with Gasteiger partial charge >= 0.3 is 5.97 Å². The summed E-state index contributed by atoms with van der Waals surface area (Å²) in [4.78, 5) is 42.5. The minimum Gasteiger partial charge on any atom is -0.458 e. The largest absolute Gasteiger partial charge is 0.458 e. The molecule has 29 heavy (non-hydrogen) atoms. The summed E-state index contributed by atoms with van der Waals surface area (Å²) in [6, 6.07) is 13.7. The maximum absolute atomic E-state index is 13.4. The zero-order valence-corrected chi connectivity index (χ0v) is 17.0. The van der Waals surface area contributed by atoms with Gasteiger partial charge in [-0.05, 0) is 32.0 Å². The van der Waals surface area contributed by atoms with Crippen LogP contribution in [0.15, 0.2) is 48.5 Å². The number of ether oxygens (including phenoxy) is 1. The molecule has 0 aliphatic carbocycles. The number of para-hydroxylation sites is 1. The van der Waals surface area contributed by atoms with E-state index in [4.69, 9.17) is 16.3 Å². The molecule has 2 aliphatic heterocycles. The van der Waals surface area contributed by atoms with Crippen molar-refractivity contribution >= 4 is 35.1 Å². The van der Waals surface area contributed by atoms with Gasteiger partial charge in [-0.15, -0.1) is 0 Å². The van der Waals surface area contributed by atoms with Crippen molar-refractivity contribution in [3.8, 4) is 0 Å². The zero-order chi connectivity index (χ0) is 20.8. The number of anilines is 1. The highest BCUT2D eigenvalue weighted by Crippen LogP contribution is 2.46. The number of carbonyl (C=O) groups is 3. The van der Waals surface area contributed by atoms with Crippen LogP contribution in [0.4, 0.5) is 5.69 Å². The fourth-order valence-corrected chi connectivity index (χ4v) is 4.44.